The van der Waals surface area contributed by atoms with Gasteiger partial charge in [-0.05, 0) is 50.7 Å². The van der Waals surface area contributed by atoms with Crippen molar-refractivity contribution in [3.63, 3.8) is 0 Å². The molecule has 2 aliphatic heterocycles. The Balaban J connectivity index is 1.57. The number of phenolic OH excluding ortho intramolecular Hbond substituents is 1. The lowest BCUT2D eigenvalue weighted by Crippen LogP contribution is -2.34. The minimum Gasteiger partial charge on any atom is -0.506 e. The van der Waals surface area contributed by atoms with Gasteiger partial charge in [-0.1, -0.05) is 13.8 Å². The summed E-state index contributed by atoms with van der Waals surface area (Å²) in [6.45, 7) is 7.43. The highest BCUT2D eigenvalue weighted by atomic mass is 16.3. The van der Waals surface area contributed by atoms with Crippen LogP contribution in [0.15, 0.2) is 18.2 Å². The molecule has 2 aromatic rings. The first-order valence-electron chi connectivity index (χ1n) is 11.7. The van der Waals surface area contributed by atoms with Crippen molar-refractivity contribution in [2.75, 3.05) is 46.6 Å². The molecular formula is C23H33N7O2. The zero-order valence-corrected chi connectivity index (χ0v) is 19.0. The van der Waals surface area contributed by atoms with Crippen LogP contribution < -0.4 is 20.4 Å². The van der Waals surface area contributed by atoms with Crippen molar-refractivity contribution < 1.29 is 9.90 Å². The molecule has 3 heterocycles. The number of aromatic hydroxyl groups is 1. The Hall–Kier alpha value is -3.10. The molecule has 1 aromatic carbocycles. The molecule has 0 aliphatic carbocycles. The molecule has 1 amide bonds. The fourth-order valence-electron chi connectivity index (χ4n) is 4.00. The van der Waals surface area contributed by atoms with Crippen LogP contribution in [0.5, 0.6) is 5.75 Å². The SMILES string of the molecule is CC(C)C(=O)Nc1ccc(Nc2nc(N3CCCCC3)nc(N3CCCCC3)n2)cc1O. The van der Waals surface area contributed by atoms with Crippen LogP contribution in [-0.4, -0.2) is 52.1 Å². The number of aromatic nitrogens is 3. The summed E-state index contributed by atoms with van der Waals surface area (Å²) in [4.78, 5) is 30.6. The van der Waals surface area contributed by atoms with Gasteiger partial charge in [0.25, 0.3) is 0 Å². The van der Waals surface area contributed by atoms with Crippen molar-refractivity contribution >= 4 is 35.1 Å². The Morgan fingerprint density at radius 3 is 1.97 bits per heavy atom. The summed E-state index contributed by atoms with van der Waals surface area (Å²) >= 11 is 0. The van der Waals surface area contributed by atoms with Crippen molar-refractivity contribution in [1.82, 2.24) is 15.0 Å². The lowest BCUT2D eigenvalue weighted by molar-refractivity contribution is -0.118. The van der Waals surface area contributed by atoms with Crippen LogP contribution in [0.4, 0.5) is 29.2 Å². The molecule has 3 N–H and O–H groups in total. The van der Waals surface area contributed by atoms with Crippen molar-refractivity contribution in [3.05, 3.63) is 18.2 Å². The van der Waals surface area contributed by atoms with E-state index in [-0.39, 0.29) is 17.6 Å². The maximum atomic E-state index is 11.9. The van der Waals surface area contributed by atoms with Gasteiger partial charge in [0.1, 0.15) is 5.75 Å². The number of anilines is 5. The molecule has 4 rings (SSSR count). The van der Waals surface area contributed by atoms with Crippen LogP contribution in [0.1, 0.15) is 52.4 Å². The third kappa shape index (κ3) is 5.38. The monoisotopic (exact) mass is 439 g/mol. The van der Waals surface area contributed by atoms with Crippen LogP contribution in [0.2, 0.25) is 0 Å². The summed E-state index contributed by atoms with van der Waals surface area (Å²) in [7, 11) is 0. The van der Waals surface area contributed by atoms with Gasteiger partial charge in [-0.3, -0.25) is 4.79 Å². The van der Waals surface area contributed by atoms with E-state index in [0.29, 0.717) is 29.2 Å². The number of carbonyl (C=O) groups is 1. The molecule has 0 saturated carbocycles. The van der Waals surface area contributed by atoms with Gasteiger partial charge in [0, 0.05) is 43.9 Å². The van der Waals surface area contributed by atoms with Gasteiger partial charge in [-0.15, -0.1) is 0 Å². The van der Waals surface area contributed by atoms with E-state index < -0.39 is 0 Å². The van der Waals surface area contributed by atoms with Gasteiger partial charge >= 0.3 is 0 Å². The molecule has 2 aliphatic rings. The Morgan fingerprint density at radius 1 is 0.906 bits per heavy atom. The third-order valence-electron chi connectivity index (χ3n) is 5.93. The van der Waals surface area contributed by atoms with Gasteiger partial charge in [-0.2, -0.15) is 15.0 Å². The second-order valence-electron chi connectivity index (χ2n) is 8.86. The van der Waals surface area contributed by atoms with Crippen LogP contribution >= 0.6 is 0 Å². The van der Waals surface area contributed by atoms with E-state index in [4.69, 9.17) is 4.98 Å². The first-order chi connectivity index (χ1) is 15.5. The first-order valence-corrected chi connectivity index (χ1v) is 11.7. The molecule has 9 heteroatoms. The van der Waals surface area contributed by atoms with Crippen molar-refractivity contribution in [1.29, 1.82) is 0 Å². The highest BCUT2D eigenvalue weighted by Gasteiger charge is 2.20. The third-order valence-corrected chi connectivity index (χ3v) is 5.93. The average Bonchev–Trinajstić information content (AvgIpc) is 2.81. The van der Waals surface area contributed by atoms with Crippen LogP contribution in [-0.2, 0) is 4.79 Å². The number of hydrogen-bond acceptors (Lipinski definition) is 8. The van der Waals surface area contributed by atoms with Crippen LogP contribution in [0, 0.1) is 5.92 Å². The van der Waals surface area contributed by atoms with E-state index in [1.165, 1.54) is 12.8 Å². The van der Waals surface area contributed by atoms with Crippen molar-refractivity contribution in [3.8, 4) is 5.75 Å². The van der Waals surface area contributed by atoms with Gasteiger partial charge in [0.2, 0.25) is 23.8 Å². The summed E-state index contributed by atoms with van der Waals surface area (Å²) in [6, 6.07) is 5.04. The zero-order chi connectivity index (χ0) is 22.5. The highest BCUT2D eigenvalue weighted by Crippen LogP contribution is 2.29. The smallest absolute Gasteiger partial charge is 0.233 e. The first kappa shape index (κ1) is 22.1. The number of carbonyl (C=O) groups excluding carboxylic acids is 1. The summed E-state index contributed by atoms with van der Waals surface area (Å²) in [6.07, 6.45) is 7.06. The predicted molar refractivity (Wildman–Crippen MR) is 127 cm³/mol. The van der Waals surface area contributed by atoms with Crippen molar-refractivity contribution in [2.24, 2.45) is 5.92 Å². The second-order valence-corrected chi connectivity index (χ2v) is 8.86. The molecule has 1 aromatic heterocycles. The van der Waals surface area contributed by atoms with Gasteiger partial charge in [-0.25, -0.2) is 0 Å². The zero-order valence-electron chi connectivity index (χ0n) is 19.0. The normalized spacial score (nSPS) is 16.8. The molecule has 0 bridgehead atoms. The number of hydrogen-bond donors (Lipinski definition) is 3. The fraction of sp³-hybridized carbons (Fsp3) is 0.565. The van der Waals surface area contributed by atoms with Crippen LogP contribution in [0.25, 0.3) is 0 Å². The summed E-state index contributed by atoms with van der Waals surface area (Å²) in [5.74, 6) is 1.54. The summed E-state index contributed by atoms with van der Waals surface area (Å²) < 4.78 is 0. The van der Waals surface area contributed by atoms with E-state index in [2.05, 4.69) is 30.4 Å². The average molecular weight is 440 g/mol. The predicted octanol–water partition coefficient (Wildman–Crippen LogP) is 3.90. The van der Waals surface area contributed by atoms with E-state index in [1.807, 2.05) is 13.8 Å². The molecule has 32 heavy (non-hydrogen) atoms. The maximum Gasteiger partial charge on any atom is 0.233 e. The Morgan fingerprint density at radius 2 is 1.47 bits per heavy atom. The molecular weight excluding hydrogens is 406 g/mol. The molecule has 2 saturated heterocycles. The number of rotatable bonds is 6. The van der Waals surface area contributed by atoms with E-state index in [1.54, 1.807) is 18.2 Å². The largest absolute Gasteiger partial charge is 0.506 e. The molecule has 172 valence electrons. The van der Waals surface area contributed by atoms with E-state index in [0.717, 1.165) is 51.9 Å². The molecule has 9 nitrogen and oxygen atoms in total. The molecule has 0 atom stereocenters. The Kier molecular flexibility index (Phi) is 6.92. The van der Waals surface area contributed by atoms with Crippen LogP contribution in [0.3, 0.4) is 0 Å². The number of nitrogens with one attached hydrogen (secondary N) is 2. The topological polar surface area (TPSA) is 107 Å². The fourth-order valence-corrected chi connectivity index (χ4v) is 4.00. The number of nitrogens with zero attached hydrogens (tertiary/aromatic N) is 5. The second kappa shape index (κ2) is 10.0. The van der Waals surface area contributed by atoms with Gasteiger partial charge in [0.05, 0.1) is 5.69 Å². The van der Waals surface area contributed by atoms with E-state index in [9.17, 15) is 9.90 Å². The molecule has 2 fully saturated rings. The molecule has 0 spiro atoms. The minimum atomic E-state index is -0.168. The maximum absolute atomic E-state index is 11.9. The summed E-state index contributed by atoms with van der Waals surface area (Å²) in [5, 5.41) is 16.3. The molecule has 0 radical (unpaired) electrons. The Labute approximate surface area is 189 Å². The minimum absolute atomic E-state index is 0.00874. The lowest BCUT2D eigenvalue weighted by atomic mass is 10.1. The molecule has 0 unspecified atom stereocenters. The standard InChI is InChI=1S/C23H33N7O2/c1-16(2)20(32)25-18-10-9-17(15-19(18)31)24-21-26-22(29-11-5-3-6-12-29)28-23(27-21)30-13-7-4-8-14-30/h9-10,15-16,31H,3-8,11-14H2,1-2H3,(H,25,32)(H,24,26,27,28). The highest BCUT2D eigenvalue weighted by molar-refractivity contribution is 5.93. The van der Waals surface area contributed by atoms with E-state index >= 15 is 0 Å². The summed E-state index contributed by atoms with van der Waals surface area (Å²) in [5.41, 5.74) is 1.03. The lowest BCUT2D eigenvalue weighted by Gasteiger charge is -2.30. The van der Waals surface area contributed by atoms with Gasteiger partial charge in [0.15, 0.2) is 0 Å². The Bertz CT molecular complexity index is 902. The number of piperidine rings is 2. The number of amides is 1. The number of phenols is 1. The number of benzene rings is 1. The quantitative estimate of drug-likeness (QED) is 0.582. The van der Waals surface area contributed by atoms with Gasteiger partial charge < -0.3 is 25.5 Å². The van der Waals surface area contributed by atoms with Crippen molar-refractivity contribution in [2.45, 2.75) is 52.4 Å².